The van der Waals surface area contributed by atoms with Crippen LogP contribution in [-0.4, -0.2) is 32.1 Å². The van der Waals surface area contributed by atoms with Crippen LogP contribution < -0.4 is 15.4 Å². The Balaban J connectivity index is 1.34. The highest BCUT2D eigenvalue weighted by Gasteiger charge is 2.13. The fourth-order valence-electron chi connectivity index (χ4n) is 3.98. The summed E-state index contributed by atoms with van der Waals surface area (Å²) in [5.41, 5.74) is 4.55. The maximum atomic E-state index is 12.6. The molecule has 0 atom stereocenters. The summed E-state index contributed by atoms with van der Waals surface area (Å²) >= 11 is 5.40. The van der Waals surface area contributed by atoms with Crippen LogP contribution in [0.3, 0.4) is 0 Å². The molecule has 0 bridgehead atoms. The van der Waals surface area contributed by atoms with Crippen LogP contribution in [0.25, 0.3) is 27.5 Å². The number of hydrogen-bond donors (Lipinski definition) is 2. The zero-order valence-corrected chi connectivity index (χ0v) is 21.0. The van der Waals surface area contributed by atoms with Crippen molar-refractivity contribution in [1.29, 1.82) is 0 Å². The van der Waals surface area contributed by atoms with Gasteiger partial charge in [-0.3, -0.25) is 10.1 Å². The van der Waals surface area contributed by atoms with Gasteiger partial charge in [0.15, 0.2) is 5.11 Å². The maximum absolute atomic E-state index is 12.6. The molecule has 7 nitrogen and oxygen atoms in total. The lowest BCUT2D eigenvalue weighted by molar-refractivity contribution is 0.0977. The summed E-state index contributed by atoms with van der Waals surface area (Å²) in [6, 6.07) is 25.0. The van der Waals surface area contributed by atoms with Crippen LogP contribution in [0.5, 0.6) is 5.75 Å². The van der Waals surface area contributed by atoms with E-state index in [1.807, 2.05) is 57.2 Å². The smallest absolute Gasteiger partial charge is 0.257 e. The fraction of sp³-hybridized carbons (Fsp3) is 0.143. The molecule has 0 radical (unpaired) electrons. The molecule has 0 aliphatic rings. The van der Waals surface area contributed by atoms with E-state index in [1.54, 1.807) is 29.1 Å². The number of thiocarbonyl (C=S) groups is 1. The van der Waals surface area contributed by atoms with Crippen LogP contribution in [0.4, 0.5) is 5.69 Å². The number of rotatable bonds is 5. The number of nitrogens with one attached hydrogen (secondary N) is 2. The monoisotopic (exact) mass is 495 g/mol. The number of aromatic nitrogens is 3. The van der Waals surface area contributed by atoms with Crippen molar-refractivity contribution in [3.63, 3.8) is 0 Å². The normalized spacial score (nSPS) is 11.1. The van der Waals surface area contributed by atoms with E-state index in [-0.39, 0.29) is 17.1 Å². The standard InChI is InChI=1S/C28H25N5O2S/c1-17(2)35-21-13-11-20(12-14-21)27(34)30-28(36)29-23-16-25-24(15-18(23)3)31-33(32-25)26-10-6-8-19-7-4-5-9-22(19)26/h4-17H,1-3H3,(H2,29,30,34,36). The molecular formula is C28H25N5O2S. The summed E-state index contributed by atoms with van der Waals surface area (Å²) in [5, 5.41) is 17.6. The third-order valence-electron chi connectivity index (χ3n) is 5.67. The van der Waals surface area contributed by atoms with Crippen molar-refractivity contribution in [2.45, 2.75) is 26.9 Å². The summed E-state index contributed by atoms with van der Waals surface area (Å²) < 4.78 is 5.63. The predicted octanol–water partition coefficient (Wildman–Crippen LogP) is 5.80. The van der Waals surface area contributed by atoms with Gasteiger partial charge in [-0.1, -0.05) is 36.4 Å². The lowest BCUT2D eigenvalue weighted by Gasteiger charge is -2.12. The van der Waals surface area contributed by atoms with E-state index in [0.29, 0.717) is 16.8 Å². The van der Waals surface area contributed by atoms with E-state index in [9.17, 15) is 4.79 Å². The second kappa shape index (κ2) is 9.75. The van der Waals surface area contributed by atoms with Gasteiger partial charge in [-0.25, -0.2) is 0 Å². The van der Waals surface area contributed by atoms with E-state index < -0.39 is 0 Å². The van der Waals surface area contributed by atoms with Crippen molar-refractivity contribution in [2.24, 2.45) is 0 Å². The molecule has 0 unspecified atom stereocenters. The number of fused-ring (bicyclic) bond motifs is 2. The molecule has 5 aromatic rings. The predicted molar refractivity (Wildman–Crippen MR) is 147 cm³/mol. The molecule has 0 aliphatic heterocycles. The van der Waals surface area contributed by atoms with E-state index >= 15 is 0 Å². The lowest BCUT2D eigenvalue weighted by atomic mass is 10.1. The number of nitrogens with zero attached hydrogens (tertiary/aromatic N) is 3. The van der Waals surface area contributed by atoms with E-state index in [1.165, 1.54) is 0 Å². The third kappa shape index (κ3) is 4.89. The Morgan fingerprint density at radius 2 is 1.64 bits per heavy atom. The van der Waals surface area contributed by atoms with E-state index in [2.05, 4.69) is 28.8 Å². The molecule has 1 aromatic heterocycles. The fourth-order valence-corrected chi connectivity index (χ4v) is 4.18. The van der Waals surface area contributed by atoms with E-state index in [4.69, 9.17) is 27.2 Å². The molecule has 0 fully saturated rings. The van der Waals surface area contributed by atoms with E-state index in [0.717, 1.165) is 33.2 Å². The van der Waals surface area contributed by atoms with Gasteiger partial charge in [-0.2, -0.15) is 0 Å². The molecule has 2 N–H and O–H groups in total. The highest BCUT2D eigenvalue weighted by molar-refractivity contribution is 7.80. The molecule has 36 heavy (non-hydrogen) atoms. The van der Waals surface area contributed by atoms with Crippen molar-refractivity contribution in [3.05, 3.63) is 90.0 Å². The van der Waals surface area contributed by atoms with Gasteiger partial charge >= 0.3 is 0 Å². The molecule has 1 heterocycles. The minimum absolute atomic E-state index is 0.0654. The van der Waals surface area contributed by atoms with Crippen LogP contribution in [0.2, 0.25) is 0 Å². The van der Waals surface area contributed by atoms with Crippen LogP contribution in [0.15, 0.2) is 78.9 Å². The zero-order chi connectivity index (χ0) is 25.2. The maximum Gasteiger partial charge on any atom is 0.257 e. The molecule has 5 rings (SSSR count). The van der Waals surface area contributed by atoms with Gasteiger partial charge in [0, 0.05) is 16.6 Å². The summed E-state index contributed by atoms with van der Waals surface area (Å²) in [4.78, 5) is 14.3. The quantitative estimate of drug-likeness (QED) is 0.300. The number of benzene rings is 4. The number of carbonyl (C=O) groups is 1. The minimum Gasteiger partial charge on any atom is -0.491 e. The van der Waals surface area contributed by atoms with Crippen molar-refractivity contribution >= 4 is 50.7 Å². The molecule has 0 aliphatic carbocycles. The first-order valence-corrected chi connectivity index (χ1v) is 12.0. The number of ether oxygens (including phenoxy) is 1. The lowest BCUT2D eigenvalue weighted by Crippen LogP contribution is -2.34. The van der Waals surface area contributed by atoms with Gasteiger partial charge < -0.3 is 10.1 Å². The summed E-state index contributed by atoms with van der Waals surface area (Å²) in [6.07, 6.45) is 0.0654. The van der Waals surface area contributed by atoms with Gasteiger partial charge in [-0.05, 0) is 86.4 Å². The first kappa shape index (κ1) is 23.4. The Kier molecular flexibility index (Phi) is 6.35. The Labute approximate surface area is 214 Å². The summed E-state index contributed by atoms with van der Waals surface area (Å²) in [5.74, 6) is 0.409. The van der Waals surface area contributed by atoms with Crippen molar-refractivity contribution in [2.75, 3.05) is 5.32 Å². The number of hydrogen-bond acceptors (Lipinski definition) is 5. The van der Waals surface area contributed by atoms with Crippen molar-refractivity contribution in [3.8, 4) is 11.4 Å². The first-order chi connectivity index (χ1) is 17.4. The molecule has 1 amide bonds. The Morgan fingerprint density at radius 1 is 0.944 bits per heavy atom. The first-order valence-electron chi connectivity index (χ1n) is 11.6. The topological polar surface area (TPSA) is 81.1 Å². The molecule has 0 spiro atoms. The summed E-state index contributed by atoms with van der Waals surface area (Å²) in [7, 11) is 0. The van der Waals surface area contributed by atoms with Crippen LogP contribution in [0.1, 0.15) is 29.8 Å². The number of anilines is 1. The van der Waals surface area contributed by atoms with Gasteiger partial charge in [0.05, 0.1) is 11.8 Å². The van der Waals surface area contributed by atoms with Crippen molar-refractivity contribution in [1.82, 2.24) is 20.3 Å². The molecule has 8 heteroatoms. The van der Waals surface area contributed by atoms with Crippen molar-refractivity contribution < 1.29 is 9.53 Å². The largest absolute Gasteiger partial charge is 0.491 e. The molecule has 0 saturated heterocycles. The SMILES string of the molecule is Cc1cc2nn(-c3cccc4ccccc34)nc2cc1NC(=S)NC(=O)c1ccc(OC(C)C)cc1. The Hall–Kier alpha value is -4.30. The number of aryl methyl sites for hydroxylation is 1. The highest BCUT2D eigenvalue weighted by atomic mass is 32.1. The molecule has 4 aromatic carbocycles. The number of amides is 1. The third-order valence-corrected chi connectivity index (χ3v) is 5.88. The molecule has 0 saturated carbocycles. The zero-order valence-electron chi connectivity index (χ0n) is 20.1. The van der Waals surface area contributed by atoms with Crippen LogP contribution >= 0.6 is 12.2 Å². The van der Waals surface area contributed by atoms with Gasteiger partial charge in [0.1, 0.15) is 16.8 Å². The minimum atomic E-state index is -0.302. The molecular weight excluding hydrogens is 470 g/mol. The summed E-state index contributed by atoms with van der Waals surface area (Å²) in [6.45, 7) is 5.86. The Morgan fingerprint density at radius 3 is 2.39 bits per heavy atom. The van der Waals surface area contributed by atoms with Gasteiger partial charge in [0.25, 0.3) is 5.91 Å². The van der Waals surface area contributed by atoms with Gasteiger partial charge in [0.2, 0.25) is 0 Å². The average Bonchev–Trinajstić information content (AvgIpc) is 3.26. The Bertz CT molecular complexity index is 1590. The van der Waals surface area contributed by atoms with Gasteiger partial charge in [-0.15, -0.1) is 15.0 Å². The van der Waals surface area contributed by atoms with Crippen LogP contribution in [-0.2, 0) is 0 Å². The highest BCUT2D eigenvalue weighted by Crippen LogP contribution is 2.25. The second-order valence-electron chi connectivity index (χ2n) is 8.74. The number of carbonyl (C=O) groups excluding carboxylic acids is 1. The second-order valence-corrected chi connectivity index (χ2v) is 9.15. The molecule has 180 valence electrons. The van der Waals surface area contributed by atoms with Crippen LogP contribution in [0, 0.1) is 6.92 Å². The average molecular weight is 496 g/mol.